The zero-order chi connectivity index (χ0) is 21.0. The predicted molar refractivity (Wildman–Crippen MR) is 114 cm³/mol. The second kappa shape index (κ2) is 7.04. The lowest BCUT2D eigenvalue weighted by Crippen LogP contribution is -2.30. The van der Waals surface area contributed by atoms with Crippen LogP contribution in [-0.2, 0) is 0 Å². The van der Waals surface area contributed by atoms with Gasteiger partial charge in [-0.15, -0.1) is 0 Å². The molecule has 5 rings (SSSR count). The Morgan fingerprint density at radius 3 is 2.63 bits per heavy atom. The van der Waals surface area contributed by atoms with Crippen LogP contribution in [0.4, 0.5) is 10.2 Å². The summed E-state index contributed by atoms with van der Waals surface area (Å²) in [6, 6.07) is 13.0. The van der Waals surface area contributed by atoms with Gasteiger partial charge < -0.3 is 4.42 Å². The van der Waals surface area contributed by atoms with Crippen molar-refractivity contribution < 1.29 is 13.6 Å². The number of fused-ring (bicyclic) bond motifs is 2. The van der Waals surface area contributed by atoms with Crippen molar-refractivity contribution in [2.75, 3.05) is 4.90 Å². The van der Waals surface area contributed by atoms with Crippen molar-refractivity contribution in [2.45, 2.75) is 6.04 Å². The summed E-state index contributed by atoms with van der Waals surface area (Å²) < 4.78 is 21.3. The average Bonchev–Trinajstić information content (AvgIpc) is 3.02. The Labute approximate surface area is 182 Å². The molecule has 1 atom stereocenters. The third-order valence-corrected chi connectivity index (χ3v) is 5.71. The number of rotatable bonds is 2. The molecule has 1 aliphatic heterocycles. The summed E-state index contributed by atoms with van der Waals surface area (Å²) in [4.78, 5) is 32.2. The molecule has 0 fully saturated rings. The molecule has 1 aliphatic rings. The van der Waals surface area contributed by atoms with Crippen molar-refractivity contribution in [2.24, 2.45) is 0 Å². The van der Waals surface area contributed by atoms with Crippen molar-refractivity contribution in [1.82, 2.24) is 4.98 Å². The Morgan fingerprint density at radius 2 is 1.90 bits per heavy atom. The fourth-order valence-electron chi connectivity index (χ4n) is 3.68. The van der Waals surface area contributed by atoms with Gasteiger partial charge in [0.25, 0.3) is 5.91 Å². The van der Waals surface area contributed by atoms with E-state index in [0.29, 0.717) is 14.9 Å². The van der Waals surface area contributed by atoms with Gasteiger partial charge in [0.2, 0.25) is 5.76 Å². The summed E-state index contributed by atoms with van der Waals surface area (Å²) in [6.45, 7) is 0. The highest BCUT2D eigenvalue weighted by atomic mass is 79.9. The number of benzene rings is 2. The molecule has 0 spiro atoms. The maximum absolute atomic E-state index is 14.8. The first-order valence-corrected chi connectivity index (χ1v) is 10.1. The smallest absolute Gasteiger partial charge is 0.296 e. The van der Waals surface area contributed by atoms with Crippen LogP contribution in [0.15, 0.2) is 74.5 Å². The summed E-state index contributed by atoms with van der Waals surface area (Å²) in [5.74, 6) is -1.01. The fourth-order valence-corrected chi connectivity index (χ4v) is 4.16. The second-order valence-electron chi connectivity index (χ2n) is 6.75. The molecule has 5 nitrogen and oxygen atoms in total. The highest BCUT2D eigenvalue weighted by Crippen LogP contribution is 2.41. The molecular formula is C22H11BrClFN2O3. The monoisotopic (exact) mass is 484 g/mol. The van der Waals surface area contributed by atoms with E-state index < -0.39 is 23.2 Å². The molecule has 0 aliphatic carbocycles. The Bertz CT molecular complexity index is 1390. The summed E-state index contributed by atoms with van der Waals surface area (Å²) in [5, 5.41) is 0.679. The van der Waals surface area contributed by atoms with Crippen LogP contribution in [0.25, 0.3) is 11.0 Å². The van der Waals surface area contributed by atoms with E-state index in [2.05, 4.69) is 20.9 Å². The van der Waals surface area contributed by atoms with Crippen molar-refractivity contribution in [1.29, 1.82) is 0 Å². The van der Waals surface area contributed by atoms with E-state index in [1.807, 2.05) is 0 Å². The first kappa shape index (κ1) is 19.0. The number of pyridine rings is 1. The molecule has 0 saturated heterocycles. The van der Waals surface area contributed by atoms with E-state index in [4.69, 9.17) is 16.0 Å². The number of amides is 1. The van der Waals surface area contributed by atoms with Crippen LogP contribution in [0.1, 0.15) is 27.7 Å². The molecule has 1 unspecified atom stereocenters. The highest BCUT2D eigenvalue weighted by Gasteiger charge is 2.45. The van der Waals surface area contributed by atoms with Crippen LogP contribution in [0.3, 0.4) is 0 Å². The lowest BCUT2D eigenvalue weighted by atomic mass is 9.98. The van der Waals surface area contributed by atoms with Gasteiger partial charge in [0.05, 0.1) is 22.0 Å². The molecular weight excluding hydrogens is 475 g/mol. The van der Waals surface area contributed by atoms with Crippen LogP contribution < -0.4 is 10.3 Å². The Morgan fingerprint density at radius 1 is 1.10 bits per heavy atom. The number of hydrogen-bond donors (Lipinski definition) is 0. The summed E-state index contributed by atoms with van der Waals surface area (Å²) in [5.41, 5.74) is 0.120. The molecule has 30 heavy (non-hydrogen) atoms. The van der Waals surface area contributed by atoms with Crippen molar-refractivity contribution in [3.05, 3.63) is 103 Å². The van der Waals surface area contributed by atoms with E-state index in [1.165, 1.54) is 23.2 Å². The van der Waals surface area contributed by atoms with Gasteiger partial charge in [-0.25, -0.2) is 9.37 Å². The molecule has 1 amide bonds. The zero-order valence-corrected chi connectivity index (χ0v) is 17.4. The first-order valence-electron chi connectivity index (χ1n) is 8.91. The molecule has 0 bridgehead atoms. The van der Waals surface area contributed by atoms with E-state index >= 15 is 0 Å². The number of halogens is 3. The van der Waals surface area contributed by atoms with Crippen LogP contribution in [-0.4, -0.2) is 10.9 Å². The van der Waals surface area contributed by atoms with Crippen LogP contribution in [0.2, 0.25) is 5.02 Å². The predicted octanol–water partition coefficient (Wildman–Crippen LogP) is 5.49. The SMILES string of the molecule is O=C1c2oc3ccc(Br)cc3c(=O)c2C(c2ccccc2F)N1c1ccc(Cl)cn1. The van der Waals surface area contributed by atoms with Crippen LogP contribution >= 0.6 is 27.5 Å². The van der Waals surface area contributed by atoms with Gasteiger partial charge in [-0.05, 0) is 36.4 Å². The molecule has 3 heterocycles. The van der Waals surface area contributed by atoms with Crippen molar-refractivity contribution in [3.63, 3.8) is 0 Å². The maximum atomic E-state index is 14.8. The lowest BCUT2D eigenvalue weighted by Gasteiger charge is -2.24. The maximum Gasteiger partial charge on any atom is 0.296 e. The van der Waals surface area contributed by atoms with Crippen LogP contribution in [0, 0.1) is 5.82 Å². The van der Waals surface area contributed by atoms with Gasteiger partial charge in [-0.2, -0.15) is 0 Å². The molecule has 4 aromatic rings. The summed E-state index contributed by atoms with van der Waals surface area (Å²) in [7, 11) is 0. The molecule has 148 valence electrons. The minimum absolute atomic E-state index is 0.0763. The molecule has 0 N–H and O–H groups in total. The van der Waals surface area contributed by atoms with Crippen LogP contribution in [0.5, 0.6) is 0 Å². The summed E-state index contributed by atoms with van der Waals surface area (Å²) in [6.07, 6.45) is 1.38. The number of hydrogen-bond acceptors (Lipinski definition) is 4. The van der Waals surface area contributed by atoms with Crippen molar-refractivity contribution >= 4 is 50.2 Å². The second-order valence-corrected chi connectivity index (χ2v) is 8.10. The zero-order valence-electron chi connectivity index (χ0n) is 15.1. The Kier molecular flexibility index (Phi) is 4.45. The molecule has 2 aromatic carbocycles. The topological polar surface area (TPSA) is 63.4 Å². The number of anilines is 1. The largest absolute Gasteiger partial charge is 0.450 e. The summed E-state index contributed by atoms with van der Waals surface area (Å²) >= 11 is 9.28. The van der Waals surface area contributed by atoms with E-state index in [1.54, 1.807) is 42.5 Å². The number of carbonyl (C=O) groups excluding carboxylic acids is 1. The van der Waals surface area contributed by atoms with Gasteiger partial charge in [-0.1, -0.05) is 45.7 Å². The minimum Gasteiger partial charge on any atom is -0.450 e. The molecule has 0 radical (unpaired) electrons. The Balaban J connectivity index is 1.84. The lowest BCUT2D eigenvalue weighted by molar-refractivity contribution is 0.0970. The third-order valence-electron chi connectivity index (χ3n) is 4.99. The molecule has 0 saturated carbocycles. The number of nitrogens with zero attached hydrogens (tertiary/aromatic N) is 2. The van der Waals surface area contributed by atoms with E-state index in [9.17, 15) is 14.0 Å². The fraction of sp³-hybridized carbons (Fsp3) is 0.0455. The van der Waals surface area contributed by atoms with E-state index in [-0.39, 0.29) is 28.3 Å². The molecule has 2 aromatic heterocycles. The normalized spacial score (nSPS) is 15.6. The Hall–Kier alpha value is -3.03. The highest BCUT2D eigenvalue weighted by molar-refractivity contribution is 9.10. The van der Waals surface area contributed by atoms with Gasteiger partial charge in [0.15, 0.2) is 5.43 Å². The number of carbonyl (C=O) groups is 1. The molecule has 8 heteroatoms. The van der Waals surface area contributed by atoms with Gasteiger partial charge in [0.1, 0.15) is 17.2 Å². The van der Waals surface area contributed by atoms with E-state index in [0.717, 1.165) is 0 Å². The van der Waals surface area contributed by atoms with Crippen molar-refractivity contribution in [3.8, 4) is 0 Å². The first-order chi connectivity index (χ1) is 14.5. The standard InChI is InChI=1S/C22H11BrClFN2O3/c23-11-5-7-16-14(9-11)20(28)18-19(13-3-1-2-4-15(13)25)27(22(29)21(18)30-16)17-8-6-12(24)10-26-17/h1-10,19H. The van der Waals surface area contributed by atoms with Gasteiger partial charge in [-0.3, -0.25) is 14.5 Å². The van der Waals surface area contributed by atoms with Gasteiger partial charge >= 0.3 is 0 Å². The average molecular weight is 486 g/mol. The minimum atomic E-state index is -1.03. The third kappa shape index (κ3) is 2.85. The quantitative estimate of drug-likeness (QED) is 0.376. The number of aromatic nitrogens is 1. The van der Waals surface area contributed by atoms with Gasteiger partial charge in [0, 0.05) is 16.2 Å².